The van der Waals surface area contributed by atoms with Gasteiger partial charge in [0.1, 0.15) is 6.04 Å². The Kier molecular flexibility index (Phi) is 6.13. The lowest BCUT2D eigenvalue weighted by molar-refractivity contribution is -0.144. The number of halogens is 1. The Bertz CT molecular complexity index is 1030. The molecule has 3 atom stereocenters. The number of alkyl halides is 1. The molecule has 174 valence electrons. The molecule has 2 fully saturated rings. The number of nitrogens with zero attached hydrogens (tertiary/aromatic N) is 5. The van der Waals surface area contributed by atoms with Crippen molar-refractivity contribution in [1.82, 2.24) is 14.9 Å². The van der Waals surface area contributed by atoms with Gasteiger partial charge in [-0.25, -0.2) is 9.99 Å². The van der Waals surface area contributed by atoms with E-state index in [4.69, 9.17) is 5.10 Å². The van der Waals surface area contributed by atoms with E-state index >= 15 is 0 Å². The molecule has 1 aromatic carbocycles. The Hall–Kier alpha value is -2.83. The highest BCUT2D eigenvalue weighted by Crippen LogP contribution is 2.33. The normalized spacial score (nSPS) is 25.3. The number of amides is 1. The van der Waals surface area contributed by atoms with E-state index in [2.05, 4.69) is 34.2 Å². The fourth-order valence-electron chi connectivity index (χ4n) is 5.43. The molecular formula is C26H32FN5O. The van der Waals surface area contributed by atoms with Crippen LogP contribution in [0.1, 0.15) is 55.8 Å². The predicted octanol–water partition coefficient (Wildman–Crippen LogP) is 4.32. The van der Waals surface area contributed by atoms with E-state index < -0.39 is 12.7 Å². The lowest BCUT2D eigenvalue weighted by Crippen LogP contribution is -2.61. The van der Waals surface area contributed by atoms with Gasteiger partial charge in [-0.1, -0.05) is 49.9 Å². The van der Waals surface area contributed by atoms with Crippen LogP contribution < -0.4 is 5.01 Å². The van der Waals surface area contributed by atoms with Gasteiger partial charge in [0.15, 0.2) is 5.82 Å². The summed E-state index contributed by atoms with van der Waals surface area (Å²) < 4.78 is 13.2. The van der Waals surface area contributed by atoms with Gasteiger partial charge in [-0.2, -0.15) is 5.10 Å². The molecule has 2 aliphatic heterocycles. The van der Waals surface area contributed by atoms with Gasteiger partial charge in [-0.3, -0.25) is 14.2 Å². The Morgan fingerprint density at radius 1 is 1.12 bits per heavy atom. The fourth-order valence-corrected chi connectivity index (χ4v) is 5.43. The maximum absolute atomic E-state index is 13.5. The molecule has 1 saturated heterocycles. The summed E-state index contributed by atoms with van der Waals surface area (Å²) >= 11 is 0. The first-order valence-corrected chi connectivity index (χ1v) is 12.1. The molecule has 3 heterocycles. The molecule has 1 aliphatic carbocycles. The van der Waals surface area contributed by atoms with Gasteiger partial charge in [-0.15, -0.1) is 0 Å². The van der Waals surface area contributed by atoms with Crippen LogP contribution in [-0.4, -0.2) is 51.8 Å². The molecule has 33 heavy (non-hydrogen) atoms. The topological polar surface area (TPSA) is 61.7 Å². The monoisotopic (exact) mass is 449 g/mol. The number of hydrogen-bond acceptors (Lipinski definition) is 5. The van der Waals surface area contributed by atoms with E-state index in [9.17, 15) is 9.18 Å². The average Bonchev–Trinajstić information content (AvgIpc) is 3.49. The van der Waals surface area contributed by atoms with E-state index in [0.29, 0.717) is 18.8 Å². The van der Waals surface area contributed by atoms with E-state index in [-0.39, 0.29) is 17.9 Å². The highest BCUT2D eigenvalue weighted by atomic mass is 19.1. The number of carbonyl (C=O) groups is 1. The highest BCUT2D eigenvalue weighted by Gasteiger charge is 2.45. The minimum Gasteiger partial charge on any atom is -0.337 e. The van der Waals surface area contributed by atoms with Crippen molar-refractivity contribution >= 4 is 17.4 Å². The Morgan fingerprint density at radius 2 is 1.85 bits per heavy atom. The summed E-state index contributed by atoms with van der Waals surface area (Å²) in [6.07, 6.45) is 10.3. The zero-order chi connectivity index (χ0) is 22.9. The number of hydrazone groups is 1. The van der Waals surface area contributed by atoms with Gasteiger partial charge in [0.25, 0.3) is 0 Å². The van der Waals surface area contributed by atoms with E-state index in [0.717, 1.165) is 29.3 Å². The van der Waals surface area contributed by atoms with Crippen LogP contribution in [0.4, 0.5) is 10.2 Å². The molecule has 3 aliphatic rings. The summed E-state index contributed by atoms with van der Waals surface area (Å²) in [7, 11) is 0. The maximum Gasteiger partial charge on any atom is 0.248 e. The zero-order valence-corrected chi connectivity index (χ0v) is 19.5. The molecule has 1 amide bonds. The highest BCUT2D eigenvalue weighted by molar-refractivity contribution is 6.07. The number of aryl methyl sites for hydroxylation is 1. The van der Waals surface area contributed by atoms with Crippen LogP contribution in [0.3, 0.4) is 0 Å². The second kappa shape index (κ2) is 9.20. The van der Waals surface area contributed by atoms with E-state index in [1.165, 1.54) is 31.2 Å². The van der Waals surface area contributed by atoms with Gasteiger partial charge in [0.2, 0.25) is 5.91 Å². The van der Waals surface area contributed by atoms with Crippen LogP contribution in [0.5, 0.6) is 0 Å². The van der Waals surface area contributed by atoms with Crippen molar-refractivity contribution in [2.24, 2.45) is 16.9 Å². The molecule has 0 N–H and O–H groups in total. The van der Waals surface area contributed by atoms with E-state index in [1.807, 2.05) is 13.8 Å². The number of anilines is 1. The lowest BCUT2D eigenvalue weighted by atomic mass is 9.89. The van der Waals surface area contributed by atoms with Crippen LogP contribution in [-0.2, 0) is 11.2 Å². The quantitative estimate of drug-likeness (QED) is 0.659. The molecular weight excluding hydrogens is 417 g/mol. The molecule has 0 spiro atoms. The minimum absolute atomic E-state index is 0.0196. The number of rotatable bonds is 6. The molecule has 2 aromatic rings. The van der Waals surface area contributed by atoms with Crippen molar-refractivity contribution in [3.05, 3.63) is 53.5 Å². The lowest BCUT2D eigenvalue weighted by Gasteiger charge is -2.46. The van der Waals surface area contributed by atoms with Gasteiger partial charge in [0.05, 0.1) is 18.1 Å². The number of aromatic nitrogens is 2. The molecule has 0 radical (unpaired) electrons. The van der Waals surface area contributed by atoms with Gasteiger partial charge in [0, 0.05) is 37.3 Å². The third-order valence-electron chi connectivity index (χ3n) is 7.64. The Labute approximate surface area is 194 Å². The second-order valence-electron chi connectivity index (χ2n) is 9.77. The van der Waals surface area contributed by atoms with Crippen molar-refractivity contribution < 1.29 is 9.18 Å². The number of likely N-dealkylation sites (tertiary alicyclic amines) is 1. The summed E-state index contributed by atoms with van der Waals surface area (Å²) in [6, 6.07) is 8.08. The zero-order valence-electron chi connectivity index (χ0n) is 19.5. The molecule has 6 nitrogen and oxygen atoms in total. The third kappa shape index (κ3) is 4.25. The fraction of sp³-hybridized carbons (Fsp3) is 0.538. The summed E-state index contributed by atoms with van der Waals surface area (Å²) in [5.41, 5.74) is 4.00. The first-order valence-electron chi connectivity index (χ1n) is 12.1. The van der Waals surface area contributed by atoms with Gasteiger partial charge in [-0.05, 0) is 37.3 Å². The van der Waals surface area contributed by atoms with Crippen molar-refractivity contribution in [1.29, 1.82) is 0 Å². The number of benzene rings is 1. The third-order valence-corrected chi connectivity index (χ3v) is 7.64. The average molecular weight is 450 g/mol. The van der Waals surface area contributed by atoms with Crippen LogP contribution in [0, 0.1) is 18.8 Å². The number of hydrogen-bond donors (Lipinski definition) is 0. The Balaban J connectivity index is 1.38. The molecule has 5 rings (SSSR count). The van der Waals surface area contributed by atoms with Crippen LogP contribution in [0.25, 0.3) is 0 Å². The number of carbonyl (C=O) groups excluding carboxylic acids is 1. The standard InChI is InChI=1S/C26H32FN5O/c1-17-25(29-12-11-28-17)32-24(26(33)31-16-22(15-27)18(31)2)14-23(30-32)21-9-7-20(8-10-21)13-19-5-3-4-6-19/h7-12,18-19,22,24H,3-6,13-16H2,1-2H3. The smallest absolute Gasteiger partial charge is 0.248 e. The molecule has 3 unspecified atom stereocenters. The van der Waals surface area contributed by atoms with E-state index in [1.54, 1.807) is 22.3 Å². The molecule has 1 aromatic heterocycles. The summed E-state index contributed by atoms with van der Waals surface area (Å²) in [4.78, 5) is 24.1. The summed E-state index contributed by atoms with van der Waals surface area (Å²) in [6.45, 7) is 3.87. The van der Waals surface area contributed by atoms with Crippen molar-refractivity contribution in [2.75, 3.05) is 18.2 Å². The first kappa shape index (κ1) is 22.0. The van der Waals surface area contributed by atoms with Crippen molar-refractivity contribution in [2.45, 2.75) is 64.5 Å². The molecule has 7 heteroatoms. The maximum atomic E-state index is 13.5. The Morgan fingerprint density at radius 3 is 2.52 bits per heavy atom. The largest absolute Gasteiger partial charge is 0.337 e. The van der Waals surface area contributed by atoms with Gasteiger partial charge < -0.3 is 4.90 Å². The summed E-state index contributed by atoms with van der Waals surface area (Å²) in [5.74, 6) is 1.31. The molecule has 1 saturated carbocycles. The van der Waals surface area contributed by atoms with Crippen LogP contribution in [0.15, 0.2) is 41.8 Å². The van der Waals surface area contributed by atoms with Crippen LogP contribution >= 0.6 is 0 Å². The molecule has 0 bridgehead atoms. The second-order valence-corrected chi connectivity index (χ2v) is 9.77. The van der Waals surface area contributed by atoms with Crippen LogP contribution in [0.2, 0.25) is 0 Å². The summed E-state index contributed by atoms with van der Waals surface area (Å²) in [5, 5.41) is 6.58. The van der Waals surface area contributed by atoms with Crippen molar-refractivity contribution in [3.8, 4) is 0 Å². The van der Waals surface area contributed by atoms with Gasteiger partial charge >= 0.3 is 0 Å². The predicted molar refractivity (Wildman–Crippen MR) is 127 cm³/mol. The first-order chi connectivity index (χ1) is 16.0. The minimum atomic E-state index is -0.489. The SMILES string of the molecule is Cc1nccnc1N1N=C(c2ccc(CC3CCCC3)cc2)CC1C(=O)N1CC(CF)C1C. The van der Waals surface area contributed by atoms with Crippen molar-refractivity contribution in [3.63, 3.8) is 0 Å².